The molecule has 1 aromatic heterocycles. The smallest absolute Gasteiger partial charge is 0.251 e. The molecule has 0 aliphatic heterocycles. The third-order valence-corrected chi connectivity index (χ3v) is 5.78. The van der Waals surface area contributed by atoms with E-state index in [0.29, 0.717) is 11.5 Å². The van der Waals surface area contributed by atoms with Crippen LogP contribution in [0, 0.1) is 18.7 Å². The summed E-state index contributed by atoms with van der Waals surface area (Å²) in [4.78, 5) is 18.9. The van der Waals surface area contributed by atoms with Crippen LogP contribution >= 0.6 is 24.0 Å². The Labute approximate surface area is 188 Å². The van der Waals surface area contributed by atoms with Crippen LogP contribution in [0.3, 0.4) is 0 Å². The Balaban J connectivity index is 0.00000320. The number of aromatic nitrogens is 1. The first-order chi connectivity index (χ1) is 13.8. The zero-order valence-electron chi connectivity index (χ0n) is 17.5. The number of hydrogen-bond donors (Lipinski definition) is 2. The molecule has 1 aliphatic rings. The van der Waals surface area contributed by atoms with Crippen LogP contribution in [-0.2, 0) is 0 Å². The van der Waals surface area contributed by atoms with Gasteiger partial charge >= 0.3 is 0 Å². The minimum atomic E-state index is -0.517. The summed E-state index contributed by atoms with van der Waals surface area (Å²) >= 11 is 5.77. The number of hydrogen-bond acceptors (Lipinski definition) is 4. The van der Waals surface area contributed by atoms with E-state index in [1.165, 1.54) is 18.2 Å². The lowest BCUT2D eigenvalue weighted by atomic mass is 9.86. The molecule has 5 nitrogen and oxygen atoms in total. The SMILES string of the molecule is Cc1cnc(NC[C@H]2CC[C@@H](NC(=O)c3ccc(F)c(Cl)c3)CC2)cc1N(C)C.Cl. The second-order valence-corrected chi connectivity index (χ2v) is 8.36. The Morgan fingerprint density at radius 2 is 1.93 bits per heavy atom. The van der Waals surface area contributed by atoms with Gasteiger partial charge in [0.25, 0.3) is 5.91 Å². The summed E-state index contributed by atoms with van der Waals surface area (Å²) in [5.41, 5.74) is 2.70. The number of nitrogens with zero attached hydrogens (tertiary/aromatic N) is 2. The molecule has 2 N–H and O–H groups in total. The number of amides is 1. The standard InChI is InChI=1S/C22H28ClFN4O.ClH/c1-14-12-25-21(11-20(14)28(2)3)26-13-15-4-7-17(8-5-15)27-22(29)16-6-9-19(24)18(23)10-16;/h6,9-12,15,17H,4-5,7-8,13H2,1-3H3,(H,25,26)(H,27,29);1H/t15-,17+;. The number of halogens is 3. The summed E-state index contributed by atoms with van der Waals surface area (Å²) in [5.74, 6) is 0.725. The van der Waals surface area contributed by atoms with Gasteiger partial charge < -0.3 is 15.5 Å². The van der Waals surface area contributed by atoms with Gasteiger partial charge in [0.15, 0.2) is 0 Å². The van der Waals surface area contributed by atoms with Crippen LogP contribution in [0.25, 0.3) is 0 Å². The summed E-state index contributed by atoms with van der Waals surface area (Å²) in [6.45, 7) is 2.93. The Bertz CT molecular complexity index is 870. The molecular formula is C22H29Cl2FN4O. The van der Waals surface area contributed by atoms with Crippen LogP contribution in [0.1, 0.15) is 41.6 Å². The molecule has 0 radical (unpaired) electrons. The van der Waals surface area contributed by atoms with Crippen LogP contribution < -0.4 is 15.5 Å². The minimum Gasteiger partial charge on any atom is -0.377 e. The fourth-order valence-electron chi connectivity index (χ4n) is 3.76. The summed E-state index contributed by atoms with van der Waals surface area (Å²) in [5, 5.41) is 6.47. The number of nitrogens with one attached hydrogen (secondary N) is 2. The van der Waals surface area contributed by atoms with Gasteiger partial charge in [0, 0.05) is 50.2 Å². The highest BCUT2D eigenvalue weighted by molar-refractivity contribution is 6.31. The lowest BCUT2D eigenvalue weighted by molar-refractivity contribution is 0.0922. The zero-order valence-corrected chi connectivity index (χ0v) is 19.1. The Hall–Kier alpha value is -2.05. The molecule has 164 valence electrons. The van der Waals surface area contributed by atoms with Gasteiger partial charge in [-0.25, -0.2) is 9.37 Å². The lowest BCUT2D eigenvalue weighted by Crippen LogP contribution is -2.38. The molecule has 0 spiro atoms. The van der Waals surface area contributed by atoms with E-state index in [4.69, 9.17) is 11.6 Å². The maximum absolute atomic E-state index is 13.3. The predicted molar refractivity (Wildman–Crippen MR) is 124 cm³/mol. The van der Waals surface area contributed by atoms with Gasteiger partial charge in [-0.05, 0) is 62.3 Å². The van der Waals surface area contributed by atoms with Gasteiger partial charge in [-0.3, -0.25) is 4.79 Å². The average Bonchev–Trinajstić information content (AvgIpc) is 2.70. The van der Waals surface area contributed by atoms with Gasteiger partial charge in [0.05, 0.1) is 5.02 Å². The number of anilines is 2. The molecule has 8 heteroatoms. The number of carbonyl (C=O) groups is 1. The van der Waals surface area contributed by atoms with Gasteiger partial charge in [0.2, 0.25) is 0 Å². The number of pyridine rings is 1. The molecule has 3 rings (SSSR count). The highest BCUT2D eigenvalue weighted by atomic mass is 35.5. The van der Waals surface area contributed by atoms with E-state index in [0.717, 1.165) is 49.3 Å². The van der Waals surface area contributed by atoms with Crippen LogP contribution in [0.5, 0.6) is 0 Å². The van der Waals surface area contributed by atoms with E-state index in [1.54, 1.807) is 0 Å². The van der Waals surface area contributed by atoms with Gasteiger partial charge in [-0.1, -0.05) is 11.6 Å². The molecule has 0 saturated heterocycles. The highest BCUT2D eigenvalue weighted by Crippen LogP contribution is 2.26. The average molecular weight is 455 g/mol. The van der Waals surface area contributed by atoms with Gasteiger partial charge in [0.1, 0.15) is 11.6 Å². The molecule has 1 saturated carbocycles. The first-order valence-corrected chi connectivity index (χ1v) is 10.3. The second-order valence-electron chi connectivity index (χ2n) is 7.95. The largest absolute Gasteiger partial charge is 0.377 e. The maximum atomic E-state index is 13.3. The molecule has 1 aliphatic carbocycles. The minimum absolute atomic E-state index is 0. The topological polar surface area (TPSA) is 57.3 Å². The maximum Gasteiger partial charge on any atom is 0.251 e. The van der Waals surface area contributed by atoms with Crippen molar-refractivity contribution >= 4 is 41.4 Å². The number of rotatable bonds is 6. The quantitative estimate of drug-likeness (QED) is 0.639. The molecule has 1 heterocycles. The van der Waals surface area contributed by atoms with Crippen molar-refractivity contribution in [3.05, 3.63) is 52.4 Å². The molecule has 0 unspecified atom stereocenters. The van der Waals surface area contributed by atoms with Crippen molar-refractivity contribution in [2.24, 2.45) is 5.92 Å². The van der Waals surface area contributed by atoms with Crippen molar-refractivity contribution in [2.75, 3.05) is 30.9 Å². The molecule has 1 amide bonds. The Kier molecular flexibility index (Phi) is 8.74. The van der Waals surface area contributed by atoms with E-state index in [2.05, 4.69) is 33.5 Å². The second kappa shape index (κ2) is 10.8. The number of carbonyl (C=O) groups excluding carboxylic acids is 1. The third-order valence-electron chi connectivity index (χ3n) is 5.49. The fourth-order valence-corrected chi connectivity index (χ4v) is 3.94. The number of benzene rings is 1. The van der Waals surface area contributed by atoms with Gasteiger partial charge in [-0.15, -0.1) is 12.4 Å². The molecule has 30 heavy (non-hydrogen) atoms. The first kappa shape index (κ1) is 24.2. The summed E-state index contributed by atoms with van der Waals surface area (Å²) in [6, 6.07) is 6.27. The van der Waals surface area contributed by atoms with Crippen molar-refractivity contribution in [3.63, 3.8) is 0 Å². The monoisotopic (exact) mass is 454 g/mol. The molecule has 0 atom stereocenters. The van der Waals surface area contributed by atoms with E-state index in [1.807, 2.05) is 20.3 Å². The molecule has 1 aromatic carbocycles. The Morgan fingerprint density at radius 3 is 2.57 bits per heavy atom. The summed E-state index contributed by atoms with van der Waals surface area (Å²) in [7, 11) is 4.06. The van der Waals surface area contributed by atoms with Gasteiger partial charge in [-0.2, -0.15) is 0 Å². The first-order valence-electron chi connectivity index (χ1n) is 9.97. The molecule has 0 bridgehead atoms. The summed E-state index contributed by atoms with van der Waals surface area (Å²) in [6.07, 6.45) is 5.82. The van der Waals surface area contributed by atoms with Crippen molar-refractivity contribution in [3.8, 4) is 0 Å². The zero-order chi connectivity index (χ0) is 21.0. The summed E-state index contributed by atoms with van der Waals surface area (Å²) < 4.78 is 13.3. The van der Waals surface area contributed by atoms with E-state index >= 15 is 0 Å². The van der Waals surface area contributed by atoms with Crippen molar-refractivity contribution < 1.29 is 9.18 Å². The normalized spacial score (nSPS) is 18.3. The van der Waals surface area contributed by atoms with E-state index < -0.39 is 5.82 Å². The molecule has 2 aromatic rings. The van der Waals surface area contributed by atoms with Crippen LogP contribution in [-0.4, -0.2) is 37.6 Å². The van der Waals surface area contributed by atoms with Crippen LogP contribution in [0.4, 0.5) is 15.9 Å². The van der Waals surface area contributed by atoms with Crippen molar-refractivity contribution in [1.29, 1.82) is 0 Å². The lowest BCUT2D eigenvalue weighted by Gasteiger charge is -2.29. The van der Waals surface area contributed by atoms with Crippen molar-refractivity contribution in [1.82, 2.24) is 10.3 Å². The predicted octanol–water partition coefficient (Wildman–Crippen LogP) is 5.07. The van der Waals surface area contributed by atoms with Crippen LogP contribution in [0.2, 0.25) is 5.02 Å². The van der Waals surface area contributed by atoms with E-state index in [-0.39, 0.29) is 29.4 Å². The molecular weight excluding hydrogens is 426 g/mol. The van der Waals surface area contributed by atoms with E-state index in [9.17, 15) is 9.18 Å². The molecule has 1 fully saturated rings. The van der Waals surface area contributed by atoms with Crippen molar-refractivity contribution in [2.45, 2.75) is 38.6 Å². The highest BCUT2D eigenvalue weighted by Gasteiger charge is 2.23. The third kappa shape index (κ3) is 6.22. The fraction of sp³-hybridized carbons (Fsp3) is 0.455. The van der Waals surface area contributed by atoms with Crippen LogP contribution in [0.15, 0.2) is 30.5 Å². The Morgan fingerprint density at radius 1 is 1.23 bits per heavy atom. The number of aryl methyl sites for hydroxylation is 1.